The fourth-order valence-corrected chi connectivity index (χ4v) is 4.02. The highest BCUT2D eigenvalue weighted by Gasteiger charge is 2.22. The third kappa shape index (κ3) is 4.12. The average molecular weight is 344 g/mol. The molecule has 0 aromatic carbocycles. The van der Waals surface area contributed by atoms with Crippen LogP contribution in [0.5, 0.6) is 0 Å². The number of aryl methyl sites for hydroxylation is 1. The Labute approximate surface area is 147 Å². The third-order valence-electron chi connectivity index (χ3n) is 4.54. The number of hydrogen-bond acceptors (Lipinski definition) is 5. The van der Waals surface area contributed by atoms with Crippen LogP contribution in [-0.4, -0.2) is 40.9 Å². The van der Waals surface area contributed by atoms with E-state index in [1.165, 1.54) is 5.56 Å². The minimum absolute atomic E-state index is 0.187. The zero-order valence-electron chi connectivity index (χ0n) is 14.3. The van der Waals surface area contributed by atoms with Crippen molar-refractivity contribution in [2.75, 3.05) is 25.5 Å². The van der Waals surface area contributed by atoms with Gasteiger partial charge >= 0.3 is 0 Å². The van der Waals surface area contributed by atoms with Gasteiger partial charge in [-0.15, -0.1) is 11.3 Å². The van der Waals surface area contributed by atoms with E-state index in [-0.39, 0.29) is 5.91 Å². The molecule has 1 amide bonds. The molecule has 0 aliphatic carbocycles. The molecule has 5 nitrogen and oxygen atoms in total. The lowest BCUT2D eigenvalue weighted by Crippen LogP contribution is -2.31. The molecule has 128 valence electrons. The molecular formula is C18H24N4OS. The number of nitrogens with zero attached hydrogens (tertiary/aromatic N) is 3. The molecule has 24 heavy (non-hydrogen) atoms. The third-order valence-corrected chi connectivity index (χ3v) is 5.57. The Morgan fingerprint density at radius 1 is 1.33 bits per heavy atom. The molecular weight excluding hydrogens is 320 g/mol. The van der Waals surface area contributed by atoms with Gasteiger partial charge in [-0.2, -0.15) is 0 Å². The quantitative estimate of drug-likeness (QED) is 0.924. The van der Waals surface area contributed by atoms with E-state index < -0.39 is 0 Å². The number of likely N-dealkylation sites (tertiary alicyclic amines) is 1. The molecule has 0 bridgehead atoms. The Hall–Kier alpha value is -1.95. The van der Waals surface area contributed by atoms with Crippen LogP contribution in [-0.2, 0) is 6.42 Å². The average Bonchev–Trinajstić information content (AvgIpc) is 2.90. The van der Waals surface area contributed by atoms with Crippen molar-refractivity contribution in [3.63, 3.8) is 0 Å². The molecule has 0 spiro atoms. The number of amides is 1. The number of rotatable bonds is 4. The summed E-state index contributed by atoms with van der Waals surface area (Å²) in [6, 6.07) is 1.99. The highest BCUT2D eigenvalue weighted by atomic mass is 32.1. The highest BCUT2D eigenvalue weighted by molar-refractivity contribution is 7.12. The minimum Gasteiger partial charge on any atom is -0.372 e. The van der Waals surface area contributed by atoms with Crippen LogP contribution in [0.1, 0.15) is 40.2 Å². The topological polar surface area (TPSA) is 58.1 Å². The van der Waals surface area contributed by atoms with Gasteiger partial charge < -0.3 is 10.2 Å². The fraction of sp³-hybridized carbons (Fsp3) is 0.500. The maximum atomic E-state index is 12.6. The number of thiophene rings is 1. The summed E-state index contributed by atoms with van der Waals surface area (Å²) in [7, 11) is 1.84. The molecule has 1 N–H and O–H groups in total. The molecule has 1 atom stereocenters. The SMILES string of the molecule is CNc1cnc(C[C@@H]2CCCN(C(=O)c3cc(C)cs3)CC2)cn1. The first-order chi connectivity index (χ1) is 11.7. The largest absolute Gasteiger partial charge is 0.372 e. The van der Waals surface area contributed by atoms with Gasteiger partial charge in [-0.25, -0.2) is 4.98 Å². The summed E-state index contributed by atoms with van der Waals surface area (Å²) < 4.78 is 0. The molecule has 3 heterocycles. The van der Waals surface area contributed by atoms with E-state index in [1.807, 2.05) is 36.5 Å². The lowest BCUT2D eigenvalue weighted by molar-refractivity contribution is 0.0765. The Balaban J connectivity index is 1.57. The first-order valence-corrected chi connectivity index (χ1v) is 9.36. The highest BCUT2D eigenvalue weighted by Crippen LogP contribution is 2.23. The molecule has 1 aliphatic rings. The monoisotopic (exact) mass is 344 g/mol. The zero-order chi connectivity index (χ0) is 16.9. The van der Waals surface area contributed by atoms with Crippen LogP contribution in [0.4, 0.5) is 5.82 Å². The Bertz CT molecular complexity index is 683. The minimum atomic E-state index is 0.187. The smallest absolute Gasteiger partial charge is 0.263 e. The predicted octanol–water partition coefficient (Wildman–Crippen LogP) is 3.37. The lowest BCUT2D eigenvalue weighted by Gasteiger charge is -2.19. The standard InChI is InChI=1S/C18H24N4OS/c1-13-8-16(24-12-13)18(23)22-6-3-4-14(5-7-22)9-15-10-21-17(19-2)11-20-15/h8,10-12,14H,3-7,9H2,1-2H3,(H,19,21)/t14-/m1/s1. The van der Waals surface area contributed by atoms with E-state index in [0.717, 1.165) is 55.2 Å². The van der Waals surface area contributed by atoms with Gasteiger partial charge in [-0.3, -0.25) is 9.78 Å². The number of hydrogen-bond donors (Lipinski definition) is 1. The Kier molecular flexibility index (Phi) is 5.45. The van der Waals surface area contributed by atoms with E-state index in [4.69, 9.17) is 0 Å². The van der Waals surface area contributed by atoms with Crippen LogP contribution < -0.4 is 5.32 Å². The van der Waals surface area contributed by atoms with Gasteiger partial charge in [0.15, 0.2) is 0 Å². The number of aromatic nitrogens is 2. The van der Waals surface area contributed by atoms with Gasteiger partial charge in [0.05, 0.1) is 23.0 Å². The van der Waals surface area contributed by atoms with Gasteiger partial charge in [0.2, 0.25) is 0 Å². The molecule has 6 heteroatoms. The summed E-state index contributed by atoms with van der Waals surface area (Å²) in [6.07, 6.45) is 7.81. The molecule has 0 radical (unpaired) electrons. The van der Waals surface area contributed by atoms with Crippen molar-refractivity contribution in [2.45, 2.75) is 32.6 Å². The van der Waals surface area contributed by atoms with E-state index in [1.54, 1.807) is 17.5 Å². The molecule has 0 unspecified atom stereocenters. The number of carbonyl (C=O) groups is 1. The van der Waals surface area contributed by atoms with Crippen LogP contribution in [0, 0.1) is 12.8 Å². The van der Waals surface area contributed by atoms with Crippen molar-refractivity contribution in [3.05, 3.63) is 40.0 Å². The maximum Gasteiger partial charge on any atom is 0.263 e. The molecule has 3 rings (SSSR count). The van der Waals surface area contributed by atoms with E-state index in [0.29, 0.717) is 5.92 Å². The molecule has 0 saturated carbocycles. The second-order valence-corrected chi connectivity index (χ2v) is 7.34. The van der Waals surface area contributed by atoms with E-state index in [2.05, 4.69) is 15.3 Å². The summed E-state index contributed by atoms with van der Waals surface area (Å²) in [4.78, 5) is 24.3. The molecule has 1 saturated heterocycles. The van der Waals surface area contributed by atoms with Crippen LogP contribution in [0.15, 0.2) is 23.8 Å². The second-order valence-electron chi connectivity index (χ2n) is 6.42. The predicted molar refractivity (Wildman–Crippen MR) is 97.6 cm³/mol. The van der Waals surface area contributed by atoms with Crippen molar-refractivity contribution in [3.8, 4) is 0 Å². The summed E-state index contributed by atoms with van der Waals surface area (Å²) >= 11 is 1.55. The van der Waals surface area contributed by atoms with E-state index in [9.17, 15) is 4.79 Å². The zero-order valence-corrected chi connectivity index (χ0v) is 15.1. The second kappa shape index (κ2) is 7.75. The maximum absolute atomic E-state index is 12.6. The molecule has 2 aromatic heterocycles. The fourth-order valence-electron chi connectivity index (χ4n) is 3.16. The van der Waals surface area contributed by atoms with Gasteiger partial charge in [0.1, 0.15) is 5.82 Å². The first-order valence-electron chi connectivity index (χ1n) is 8.49. The van der Waals surface area contributed by atoms with Crippen LogP contribution in [0.2, 0.25) is 0 Å². The number of nitrogens with one attached hydrogen (secondary N) is 1. The van der Waals surface area contributed by atoms with Crippen molar-refractivity contribution < 1.29 is 4.79 Å². The summed E-state index contributed by atoms with van der Waals surface area (Å²) in [5.41, 5.74) is 2.20. The summed E-state index contributed by atoms with van der Waals surface area (Å²) in [6.45, 7) is 3.73. The number of carbonyl (C=O) groups excluding carboxylic acids is 1. The van der Waals surface area contributed by atoms with Crippen LogP contribution in [0.25, 0.3) is 0 Å². The Morgan fingerprint density at radius 3 is 2.88 bits per heavy atom. The normalized spacial score (nSPS) is 18.2. The van der Waals surface area contributed by atoms with E-state index >= 15 is 0 Å². The van der Waals surface area contributed by atoms with Gasteiger partial charge in [0, 0.05) is 20.1 Å². The molecule has 1 aliphatic heterocycles. The van der Waals surface area contributed by atoms with Crippen molar-refractivity contribution >= 4 is 23.1 Å². The summed E-state index contributed by atoms with van der Waals surface area (Å²) in [5.74, 6) is 1.55. The van der Waals surface area contributed by atoms with Crippen molar-refractivity contribution in [2.24, 2.45) is 5.92 Å². The first kappa shape index (κ1) is 16.9. The van der Waals surface area contributed by atoms with Gasteiger partial charge in [0.25, 0.3) is 5.91 Å². The summed E-state index contributed by atoms with van der Waals surface area (Å²) in [5, 5.41) is 5.03. The van der Waals surface area contributed by atoms with Gasteiger partial charge in [-0.05, 0) is 55.5 Å². The molecule has 1 fully saturated rings. The van der Waals surface area contributed by atoms with Crippen molar-refractivity contribution in [1.29, 1.82) is 0 Å². The van der Waals surface area contributed by atoms with Crippen LogP contribution >= 0.6 is 11.3 Å². The van der Waals surface area contributed by atoms with Crippen molar-refractivity contribution in [1.82, 2.24) is 14.9 Å². The Morgan fingerprint density at radius 2 is 2.21 bits per heavy atom. The van der Waals surface area contributed by atoms with Gasteiger partial charge in [-0.1, -0.05) is 0 Å². The van der Waals surface area contributed by atoms with Crippen LogP contribution in [0.3, 0.4) is 0 Å². The lowest BCUT2D eigenvalue weighted by atomic mass is 9.95. The molecule has 2 aromatic rings. The number of anilines is 1.